The zero-order chi connectivity index (χ0) is 14.0. The zero-order valence-corrected chi connectivity index (χ0v) is 11.3. The quantitative estimate of drug-likeness (QED) is 0.786. The van der Waals surface area contributed by atoms with E-state index in [1.807, 2.05) is 13.8 Å². The van der Waals surface area contributed by atoms with Crippen molar-refractivity contribution in [1.82, 2.24) is 0 Å². The summed E-state index contributed by atoms with van der Waals surface area (Å²) in [6.07, 6.45) is 0. The topological polar surface area (TPSA) is 26.3 Å². The van der Waals surface area contributed by atoms with E-state index in [-0.39, 0.29) is 17.1 Å². The van der Waals surface area contributed by atoms with Gasteiger partial charge in [-0.2, -0.15) is 8.78 Å². The Balaban J connectivity index is 2.41. The van der Waals surface area contributed by atoms with E-state index in [1.54, 1.807) is 18.2 Å². The van der Waals surface area contributed by atoms with E-state index in [9.17, 15) is 13.6 Å². The molecule has 0 amide bonds. The van der Waals surface area contributed by atoms with E-state index >= 15 is 0 Å². The van der Waals surface area contributed by atoms with Gasteiger partial charge in [0.2, 0.25) is 0 Å². The minimum Gasteiger partial charge on any atom is -0.434 e. The van der Waals surface area contributed by atoms with Gasteiger partial charge in [-0.25, -0.2) is 0 Å². The zero-order valence-electron chi connectivity index (χ0n) is 10.4. The monoisotopic (exact) mass is 282 g/mol. The average Bonchev–Trinajstić information content (AvgIpc) is 2.67. The highest BCUT2D eigenvalue weighted by molar-refractivity contribution is 7.12. The molecule has 0 N–H and O–H groups in total. The standard InChI is InChI=1S/C14H12F2O2S/c1-8-7-11(9(2)19-8)13(17)10-5-3-4-6-12(10)18-14(15)16/h3-7,14H,1-2H3. The number of carbonyl (C=O) groups excluding carboxylic acids is 1. The minimum absolute atomic E-state index is 0.0919. The number of para-hydroxylation sites is 1. The number of alkyl halides is 2. The molecule has 2 aromatic rings. The van der Waals surface area contributed by atoms with Gasteiger partial charge in [0.25, 0.3) is 0 Å². The normalized spacial score (nSPS) is 10.8. The number of hydrogen-bond acceptors (Lipinski definition) is 3. The van der Waals surface area contributed by atoms with E-state index < -0.39 is 6.61 Å². The first-order valence-corrected chi connectivity index (χ1v) is 6.46. The number of benzene rings is 1. The van der Waals surface area contributed by atoms with Gasteiger partial charge in [0.05, 0.1) is 5.56 Å². The Bertz CT molecular complexity index is 605. The van der Waals surface area contributed by atoms with Gasteiger partial charge in [0.15, 0.2) is 5.78 Å². The number of thiophene rings is 1. The molecular formula is C14H12F2O2S. The van der Waals surface area contributed by atoms with Crippen molar-refractivity contribution in [3.8, 4) is 5.75 Å². The van der Waals surface area contributed by atoms with Gasteiger partial charge in [-0.3, -0.25) is 4.79 Å². The van der Waals surface area contributed by atoms with Crippen molar-refractivity contribution in [3.05, 3.63) is 51.2 Å². The maximum absolute atomic E-state index is 12.4. The summed E-state index contributed by atoms with van der Waals surface area (Å²) in [6, 6.07) is 7.81. The summed E-state index contributed by atoms with van der Waals surface area (Å²) in [5, 5.41) is 0. The second-order valence-electron chi connectivity index (χ2n) is 4.03. The molecule has 0 bridgehead atoms. The smallest absolute Gasteiger partial charge is 0.387 e. The van der Waals surface area contributed by atoms with Crippen molar-refractivity contribution in [2.24, 2.45) is 0 Å². The molecule has 1 heterocycles. The first kappa shape index (κ1) is 13.7. The van der Waals surface area contributed by atoms with Crippen molar-refractivity contribution < 1.29 is 18.3 Å². The molecule has 100 valence electrons. The second-order valence-corrected chi connectivity index (χ2v) is 5.49. The van der Waals surface area contributed by atoms with Crippen LogP contribution in [-0.4, -0.2) is 12.4 Å². The summed E-state index contributed by atoms with van der Waals surface area (Å²) in [5.74, 6) is -0.385. The lowest BCUT2D eigenvalue weighted by Gasteiger charge is -2.09. The van der Waals surface area contributed by atoms with Crippen LogP contribution in [0.5, 0.6) is 5.75 Å². The third kappa shape index (κ3) is 2.98. The maximum atomic E-state index is 12.4. The van der Waals surface area contributed by atoms with E-state index in [0.717, 1.165) is 9.75 Å². The molecule has 5 heteroatoms. The van der Waals surface area contributed by atoms with Gasteiger partial charge in [-0.15, -0.1) is 11.3 Å². The Morgan fingerprint density at radius 3 is 2.47 bits per heavy atom. The maximum Gasteiger partial charge on any atom is 0.387 e. The first-order chi connectivity index (χ1) is 8.99. The van der Waals surface area contributed by atoms with Gasteiger partial charge in [-0.05, 0) is 32.0 Å². The van der Waals surface area contributed by atoms with E-state index in [2.05, 4.69) is 4.74 Å². The van der Waals surface area contributed by atoms with Crippen LogP contribution in [0.25, 0.3) is 0 Å². The van der Waals surface area contributed by atoms with Gasteiger partial charge in [0.1, 0.15) is 5.75 Å². The minimum atomic E-state index is -2.95. The van der Waals surface area contributed by atoms with Gasteiger partial charge < -0.3 is 4.74 Å². The van der Waals surface area contributed by atoms with Gasteiger partial charge >= 0.3 is 6.61 Å². The van der Waals surface area contributed by atoms with Gasteiger partial charge in [-0.1, -0.05) is 12.1 Å². The molecule has 19 heavy (non-hydrogen) atoms. The van der Waals surface area contributed by atoms with Crippen LogP contribution in [-0.2, 0) is 0 Å². The number of carbonyl (C=O) groups is 1. The lowest BCUT2D eigenvalue weighted by Crippen LogP contribution is -2.09. The van der Waals surface area contributed by atoms with Crippen LogP contribution in [0.1, 0.15) is 25.7 Å². The molecule has 0 radical (unpaired) electrons. The van der Waals surface area contributed by atoms with Crippen LogP contribution in [0.15, 0.2) is 30.3 Å². The fourth-order valence-corrected chi connectivity index (χ4v) is 2.78. The van der Waals surface area contributed by atoms with E-state index in [1.165, 1.54) is 23.5 Å². The fraction of sp³-hybridized carbons (Fsp3) is 0.214. The molecule has 0 saturated heterocycles. The third-order valence-corrected chi connectivity index (χ3v) is 3.60. The van der Waals surface area contributed by atoms with Crippen molar-refractivity contribution in [1.29, 1.82) is 0 Å². The van der Waals surface area contributed by atoms with E-state index in [0.29, 0.717) is 5.56 Å². The number of aryl methyl sites for hydroxylation is 2. The predicted molar refractivity (Wildman–Crippen MR) is 70.3 cm³/mol. The van der Waals surface area contributed by atoms with Crippen molar-refractivity contribution in [2.45, 2.75) is 20.5 Å². The number of rotatable bonds is 4. The fourth-order valence-electron chi connectivity index (χ4n) is 1.85. The Hall–Kier alpha value is -1.75. The first-order valence-electron chi connectivity index (χ1n) is 5.64. The summed E-state index contributed by atoms with van der Waals surface area (Å²) >= 11 is 1.50. The summed E-state index contributed by atoms with van der Waals surface area (Å²) in [7, 11) is 0. The van der Waals surface area contributed by atoms with Crippen LogP contribution >= 0.6 is 11.3 Å². The molecule has 0 atom stereocenters. The van der Waals surface area contributed by atoms with Crippen molar-refractivity contribution in [2.75, 3.05) is 0 Å². The molecule has 0 aliphatic rings. The largest absolute Gasteiger partial charge is 0.434 e. The highest BCUT2D eigenvalue weighted by atomic mass is 32.1. The molecule has 0 unspecified atom stereocenters. The Morgan fingerprint density at radius 2 is 1.89 bits per heavy atom. The molecular weight excluding hydrogens is 270 g/mol. The Kier molecular flexibility index (Phi) is 3.95. The molecule has 0 fully saturated rings. The summed E-state index contributed by atoms with van der Waals surface area (Å²) < 4.78 is 29.0. The van der Waals surface area contributed by atoms with Crippen LogP contribution in [0.2, 0.25) is 0 Å². The predicted octanol–water partition coefficient (Wildman–Crippen LogP) is 4.20. The average molecular weight is 282 g/mol. The van der Waals surface area contributed by atoms with E-state index in [4.69, 9.17) is 0 Å². The Labute approximate surface area is 113 Å². The highest BCUT2D eigenvalue weighted by Gasteiger charge is 2.19. The molecule has 1 aromatic carbocycles. The number of halogens is 2. The second kappa shape index (κ2) is 5.48. The van der Waals surface area contributed by atoms with Crippen LogP contribution in [0, 0.1) is 13.8 Å². The molecule has 2 rings (SSSR count). The molecule has 1 aromatic heterocycles. The molecule has 0 aliphatic carbocycles. The number of hydrogen-bond donors (Lipinski definition) is 0. The SMILES string of the molecule is Cc1cc(C(=O)c2ccccc2OC(F)F)c(C)s1. The number of ether oxygens (including phenoxy) is 1. The van der Waals surface area contributed by atoms with Crippen LogP contribution in [0.3, 0.4) is 0 Å². The lowest BCUT2D eigenvalue weighted by molar-refractivity contribution is -0.0501. The molecule has 2 nitrogen and oxygen atoms in total. The molecule has 0 spiro atoms. The lowest BCUT2D eigenvalue weighted by atomic mass is 10.0. The van der Waals surface area contributed by atoms with Crippen LogP contribution < -0.4 is 4.74 Å². The summed E-state index contributed by atoms with van der Waals surface area (Å²) in [5.41, 5.74) is 0.691. The van der Waals surface area contributed by atoms with Crippen molar-refractivity contribution >= 4 is 17.1 Å². The number of ketones is 1. The Morgan fingerprint density at radius 1 is 1.21 bits per heavy atom. The molecule has 0 saturated carbocycles. The van der Waals surface area contributed by atoms with Crippen LogP contribution in [0.4, 0.5) is 8.78 Å². The van der Waals surface area contributed by atoms with Gasteiger partial charge in [0, 0.05) is 15.3 Å². The highest BCUT2D eigenvalue weighted by Crippen LogP contribution is 2.28. The third-order valence-electron chi connectivity index (χ3n) is 2.63. The van der Waals surface area contributed by atoms with Crippen molar-refractivity contribution in [3.63, 3.8) is 0 Å². The summed E-state index contributed by atoms with van der Waals surface area (Å²) in [6.45, 7) is 0.788. The molecule has 0 aliphatic heterocycles. The summed E-state index contributed by atoms with van der Waals surface area (Å²) in [4.78, 5) is 14.2.